The Bertz CT molecular complexity index is 1010. The quantitative estimate of drug-likeness (QED) is 0.506. The Labute approximate surface area is 178 Å². The highest BCUT2D eigenvalue weighted by atomic mass is 79.9. The van der Waals surface area contributed by atoms with Crippen molar-refractivity contribution in [3.8, 4) is 0 Å². The number of carbonyl (C=O) groups excluding carboxylic acids is 2. The van der Waals surface area contributed by atoms with Gasteiger partial charge in [-0.25, -0.2) is 4.98 Å². The van der Waals surface area contributed by atoms with Gasteiger partial charge >= 0.3 is 5.97 Å². The van der Waals surface area contributed by atoms with E-state index in [1.165, 1.54) is 11.1 Å². The number of aromatic nitrogens is 2. The molecule has 1 N–H and O–H groups in total. The second-order valence-electron chi connectivity index (χ2n) is 6.85. The van der Waals surface area contributed by atoms with E-state index < -0.39 is 0 Å². The molecule has 0 bridgehead atoms. The number of benzene rings is 1. The maximum Gasteiger partial charge on any atom is 0.312 e. The van der Waals surface area contributed by atoms with Gasteiger partial charge in [-0.1, -0.05) is 29.8 Å². The molecule has 152 valence electrons. The molecule has 0 saturated carbocycles. The Morgan fingerprint density at radius 3 is 2.66 bits per heavy atom. The molecule has 0 aliphatic carbocycles. The van der Waals surface area contributed by atoms with Crippen LogP contribution in [0.5, 0.6) is 0 Å². The number of esters is 1. The van der Waals surface area contributed by atoms with E-state index in [9.17, 15) is 9.59 Å². The molecular weight excluding hydrogens is 434 g/mol. The zero-order chi connectivity index (χ0) is 20.8. The van der Waals surface area contributed by atoms with E-state index in [0.717, 1.165) is 17.3 Å². The highest BCUT2D eigenvalue weighted by Crippen LogP contribution is 2.22. The molecule has 0 saturated heterocycles. The van der Waals surface area contributed by atoms with Crippen LogP contribution in [0, 0.1) is 6.92 Å². The van der Waals surface area contributed by atoms with Crippen LogP contribution in [0.1, 0.15) is 36.6 Å². The van der Waals surface area contributed by atoms with Crippen molar-refractivity contribution in [1.29, 1.82) is 0 Å². The molecule has 3 rings (SSSR count). The van der Waals surface area contributed by atoms with E-state index in [0.29, 0.717) is 30.2 Å². The predicted molar refractivity (Wildman–Crippen MR) is 116 cm³/mol. The molecule has 3 aromatic rings. The zero-order valence-corrected chi connectivity index (χ0v) is 18.2. The number of imidazole rings is 1. The van der Waals surface area contributed by atoms with Crippen LogP contribution in [0.4, 0.5) is 5.82 Å². The third kappa shape index (κ3) is 5.67. The number of halogens is 1. The van der Waals surface area contributed by atoms with Crippen LogP contribution >= 0.6 is 15.9 Å². The van der Waals surface area contributed by atoms with Crippen molar-refractivity contribution in [2.24, 2.45) is 0 Å². The first kappa shape index (κ1) is 21.0. The second kappa shape index (κ2) is 9.69. The third-order valence-electron chi connectivity index (χ3n) is 4.52. The average molecular weight is 458 g/mol. The number of hydrogen-bond acceptors (Lipinski definition) is 4. The fourth-order valence-electron chi connectivity index (χ4n) is 3.07. The summed E-state index contributed by atoms with van der Waals surface area (Å²) in [6.07, 6.45) is 3.78. The first-order chi connectivity index (χ1) is 14.0. The lowest BCUT2D eigenvalue weighted by Crippen LogP contribution is -2.16. The summed E-state index contributed by atoms with van der Waals surface area (Å²) in [6, 6.07) is 12.0. The van der Waals surface area contributed by atoms with E-state index in [1.807, 2.05) is 18.3 Å². The summed E-state index contributed by atoms with van der Waals surface area (Å²) in [7, 11) is 0. The Balaban J connectivity index is 1.71. The largest absolute Gasteiger partial charge is 0.466 e. The average Bonchev–Trinajstić information content (AvgIpc) is 3.00. The van der Waals surface area contributed by atoms with Gasteiger partial charge in [0.05, 0.1) is 18.7 Å². The van der Waals surface area contributed by atoms with E-state index in [1.54, 1.807) is 11.3 Å². The minimum Gasteiger partial charge on any atom is -0.466 e. The number of anilines is 1. The van der Waals surface area contributed by atoms with E-state index in [-0.39, 0.29) is 18.3 Å². The van der Waals surface area contributed by atoms with E-state index in [2.05, 4.69) is 57.4 Å². The van der Waals surface area contributed by atoms with Gasteiger partial charge < -0.3 is 10.1 Å². The Morgan fingerprint density at radius 2 is 1.93 bits per heavy atom. The number of hydrogen-bond donors (Lipinski definition) is 1. The SMILES string of the molecule is CCOC(=O)Cc1nc2ccc(Br)cn2c1NC(=O)CCCc1ccc(C)cc1. The Morgan fingerprint density at radius 1 is 1.17 bits per heavy atom. The van der Waals surface area contributed by atoms with Crippen LogP contribution in [-0.4, -0.2) is 27.9 Å². The molecule has 0 fully saturated rings. The van der Waals surface area contributed by atoms with Crippen molar-refractivity contribution in [1.82, 2.24) is 9.38 Å². The van der Waals surface area contributed by atoms with Gasteiger partial charge in [0, 0.05) is 17.1 Å². The Hall–Kier alpha value is -2.67. The van der Waals surface area contributed by atoms with Gasteiger partial charge in [0.25, 0.3) is 0 Å². The third-order valence-corrected chi connectivity index (χ3v) is 4.99. The lowest BCUT2D eigenvalue weighted by Gasteiger charge is -2.08. The van der Waals surface area contributed by atoms with Gasteiger partial charge in [-0.15, -0.1) is 0 Å². The molecule has 7 heteroatoms. The van der Waals surface area contributed by atoms with Crippen molar-refractivity contribution in [2.45, 2.75) is 39.5 Å². The predicted octanol–water partition coefficient (Wildman–Crippen LogP) is 4.47. The molecule has 29 heavy (non-hydrogen) atoms. The summed E-state index contributed by atoms with van der Waals surface area (Å²) in [4.78, 5) is 29.0. The van der Waals surface area contributed by atoms with Crippen molar-refractivity contribution < 1.29 is 14.3 Å². The highest BCUT2D eigenvalue weighted by Gasteiger charge is 2.18. The fraction of sp³-hybridized carbons (Fsp3) is 0.318. The normalized spacial score (nSPS) is 10.9. The van der Waals surface area contributed by atoms with Gasteiger partial charge in [-0.05, 0) is 60.3 Å². The second-order valence-corrected chi connectivity index (χ2v) is 7.77. The van der Waals surface area contributed by atoms with E-state index in [4.69, 9.17) is 4.74 Å². The number of ether oxygens (including phenoxy) is 1. The number of aryl methyl sites for hydroxylation is 2. The summed E-state index contributed by atoms with van der Waals surface area (Å²) in [5.41, 5.74) is 3.58. The lowest BCUT2D eigenvalue weighted by atomic mass is 10.1. The van der Waals surface area contributed by atoms with E-state index >= 15 is 0 Å². The maximum atomic E-state index is 12.6. The molecule has 2 heterocycles. The van der Waals surface area contributed by atoms with Gasteiger partial charge in [0.1, 0.15) is 11.5 Å². The molecular formula is C22H24BrN3O3. The number of nitrogens with zero attached hydrogens (tertiary/aromatic N) is 2. The monoisotopic (exact) mass is 457 g/mol. The summed E-state index contributed by atoms with van der Waals surface area (Å²) >= 11 is 3.44. The van der Waals surface area contributed by atoms with Crippen LogP contribution < -0.4 is 5.32 Å². The van der Waals surface area contributed by atoms with Gasteiger partial charge in [0.2, 0.25) is 5.91 Å². The van der Waals surface area contributed by atoms with Crippen LogP contribution in [0.15, 0.2) is 47.1 Å². The minimum absolute atomic E-state index is 0.00607. The van der Waals surface area contributed by atoms with Crippen molar-refractivity contribution >= 4 is 39.3 Å². The molecule has 0 aliphatic heterocycles. The molecule has 0 atom stereocenters. The summed E-state index contributed by atoms with van der Waals surface area (Å²) in [5.74, 6) is 0.0310. The molecule has 6 nitrogen and oxygen atoms in total. The van der Waals surface area contributed by atoms with Crippen molar-refractivity contribution in [3.63, 3.8) is 0 Å². The number of fused-ring (bicyclic) bond motifs is 1. The molecule has 1 aromatic carbocycles. The molecule has 0 unspecified atom stereocenters. The van der Waals surface area contributed by atoms with Gasteiger partial charge in [-0.3, -0.25) is 14.0 Å². The number of nitrogens with one attached hydrogen (secondary N) is 1. The summed E-state index contributed by atoms with van der Waals surface area (Å²) in [6.45, 7) is 4.12. The van der Waals surface area contributed by atoms with Crippen molar-refractivity contribution in [3.05, 3.63) is 63.9 Å². The van der Waals surface area contributed by atoms with Gasteiger partial charge in [0.15, 0.2) is 0 Å². The van der Waals surface area contributed by atoms with Crippen LogP contribution in [0.3, 0.4) is 0 Å². The molecule has 0 aliphatic rings. The van der Waals surface area contributed by atoms with Gasteiger partial charge in [-0.2, -0.15) is 0 Å². The number of pyridine rings is 1. The maximum absolute atomic E-state index is 12.6. The molecule has 0 spiro atoms. The first-order valence-corrected chi connectivity index (χ1v) is 10.4. The standard InChI is InChI=1S/C22H24BrN3O3/c1-3-29-21(28)13-18-22(26-14-17(23)11-12-19(26)24-18)25-20(27)6-4-5-16-9-7-15(2)8-10-16/h7-12,14H,3-6,13H2,1-2H3,(H,25,27). The van der Waals surface area contributed by atoms with Crippen molar-refractivity contribution in [2.75, 3.05) is 11.9 Å². The molecule has 0 radical (unpaired) electrons. The van der Waals surface area contributed by atoms with Crippen LogP contribution in [-0.2, 0) is 27.2 Å². The number of carbonyl (C=O) groups is 2. The smallest absolute Gasteiger partial charge is 0.312 e. The fourth-order valence-corrected chi connectivity index (χ4v) is 3.41. The highest BCUT2D eigenvalue weighted by molar-refractivity contribution is 9.10. The number of amides is 1. The number of rotatable bonds is 8. The summed E-state index contributed by atoms with van der Waals surface area (Å²) in [5, 5.41) is 2.94. The first-order valence-electron chi connectivity index (χ1n) is 9.63. The zero-order valence-electron chi connectivity index (χ0n) is 16.6. The molecule has 1 amide bonds. The molecule has 2 aromatic heterocycles. The van der Waals surface area contributed by atoms with Crippen LogP contribution in [0.2, 0.25) is 0 Å². The lowest BCUT2D eigenvalue weighted by molar-refractivity contribution is -0.142. The summed E-state index contributed by atoms with van der Waals surface area (Å²) < 4.78 is 7.66. The minimum atomic E-state index is -0.371. The Kier molecular flexibility index (Phi) is 7.04. The van der Waals surface area contributed by atoms with Crippen LogP contribution in [0.25, 0.3) is 5.65 Å². The topological polar surface area (TPSA) is 72.7 Å².